The third-order valence-electron chi connectivity index (χ3n) is 3.35. The minimum Gasteiger partial charge on any atom is -0.373 e. The molecule has 3 nitrogen and oxygen atoms in total. The predicted molar refractivity (Wildman–Crippen MR) is 77.0 cm³/mol. The summed E-state index contributed by atoms with van der Waals surface area (Å²) in [5.74, 6) is -1.19. The molecule has 1 N–H and O–H groups in total. The van der Waals surface area contributed by atoms with E-state index in [1.807, 2.05) is 25.4 Å². The average molecular weight is 287 g/mol. The molecule has 21 heavy (non-hydrogen) atoms. The third-order valence-corrected chi connectivity index (χ3v) is 3.35. The summed E-state index contributed by atoms with van der Waals surface area (Å²) in [5, 5.41) is 3.10. The molecule has 1 aromatic heterocycles. The summed E-state index contributed by atoms with van der Waals surface area (Å²) in [6, 6.07) is 5.45. The highest BCUT2D eigenvalue weighted by Gasteiger charge is 2.10. The van der Waals surface area contributed by atoms with Gasteiger partial charge in [0.1, 0.15) is 11.6 Å². The van der Waals surface area contributed by atoms with E-state index < -0.39 is 11.6 Å². The molecule has 108 valence electrons. The van der Waals surface area contributed by atoms with Crippen LogP contribution in [0.25, 0.3) is 11.3 Å². The van der Waals surface area contributed by atoms with Gasteiger partial charge in [-0.1, -0.05) is 6.07 Å². The highest BCUT2D eigenvalue weighted by Crippen LogP contribution is 2.24. The first kappa shape index (κ1) is 13.5. The summed E-state index contributed by atoms with van der Waals surface area (Å²) in [5.41, 5.74) is 3.02. The number of rotatable bonds is 3. The Morgan fingerprint density at radius 1 is 1.19 bits per heavy atom. The molecule has 0 atom stereocenters. The van der Waals surface area contributed by atoms with Gasteiger partial charge in [-0.2, -0.15) is 0 Å². The maximum absolute atomic E-state index is 13.3. The standard InChI is InChI=1S/C16H15F2N3/c1-11-4-12(9-21-3-2-19-10-21)8-20-16(11)13-5-14(17)7-15(18)6-13/h2-8,19H,9-10H2,1H3. The zero-order chi connectivity index (χ0) is 14.8. The first-order valence-electron chi connectivity index (χ1n) is 6.68. The molecular weight excluding hydrogens is 272 g/mol. The highest BCUT2D eigenvalue weighted by molar-refractivity contribution is 5.63. The molecule has 0 unspecified atom stereocenters. The van der Waals surface area contributed by atoms with Gasteiger partial charge in [0.15, 0.2) is 0 Å². The van der Waals surface area contributed by atoms with Crippen LogP contribution in [0.5, 0.6) is 0 Å². The lowest BCUT2D eigenvalue weighted by molar-refractivity contribution is 0.384. The summed E-state index contributed by atoms with van der Waals surface area (Å²) in [6.07, 6.45) is 5.62. The Labute approximate surface area is 121 Å². The quantitative estimate of drug-likeness (QED) is 0.940. The van der Waals surface area contributed by atoms with Crippen LogP contribution >= 0.6 is 0 Å². The van der Waals surface area contributed by atoms with E-state index in [9.17, 15) is 8.78 Å². The Hall–Kier alpha value is -2.43. The lowest BCUT2D eigenvalue weighted by atomic mass is 10.0. The molecule has 3 rings (SSSR count). The Kier molecular flexibility index (Phi) is 3.56. The van der Waals surface area contributed by atoms with Crippen molar-refractivity contribution in [2.75, 3.05) is 6.67 Å². The average Bonchev–Trinajstić information content (AvgIpc) is 2.90. The predicted octanol–water partition coefficient (Wildman–Crippen LogP) is 3.17. The molecule has 2 aromatic rings. The van der Waals surface area contributed by atoms with Crippen molar-refractivity contribution in [2.24, 2.45) is 0 Å². The topological polar surface area (TPSA) is 28.2 Å². The van der Waals surface area contributed by atoms with E-state index >= 15 is 0 Å². The second-order valence-electron chi connectivity index (χ2n) is 5.09. The van der Waals surface area contributed by atoms with E-state index in [2.05, 4.69) is 15.2 Å². The second-order valence-corrected chi connectivity index (χ2v) is 5.09. The van der Waals surface area contributed by atoms with Gasteiger partial charge >= 0.3 is 0 Å². The van der Waals surface area contributed by atoms with E-state index in [1.54, 1.807) is 6.20 Å². The number of nitrogens with one attached hydrogen (secondary N) is 1. The number of aryl methyl sites for hydroxylation is 1. The lowest BCUT2D eigenvalue weighted by Gasteiger charge is -2.15. The number of aromatic nitrogens is 1. The number of halogens is 2. The molecule has 2 heterocycles. The fourth-order valence-electron chi connectivity index (χ4n) is 2.44. The first-order valence-corrected chi connectivity index (χ1v) is 6.68. The fourth-order valence-corrected chi connectivity index (χ4v) is 2.44. The van der Waals surface area contributed by atoms with Gasteiger partial charge in [0.05, 0.1) is 12.4 Å². The zero-order valence-electron chi connectivity index (χ0n) is 11.6. The van der Waals surface area contributed by atoms with Gasteiger partial charge in [0, 0.05) is 36.8 Å². The molecule has 1 aliphatic rings. The van der Waals surface area contributed by atoms with E-state index in [0.717, 1.165) is 30.4 Å². The number of nitrogens with zero attached hydrogens (tertiary/aromatic N) is 2. The molecule has 0 saturated carbocycles. The zero-order valence-corrected chi connectivity index (χ0v) is 11.6. The van der Waals surface area contributed by atoms with E-state index in [4.69, 9.17) is 0 Å². The van der Waals surface area contributed by atoms with Crippen molar-refractivity contribution < 1.29 is 8.78 Å². The van der Waals surface area contributed by atoms with Crippen LogP contribution in [0.3, 0.4) is 0 Å². The van der Waals surface area contributed by atoms with Crippen LogP contribution in [0.2, 0.25) is 0 Å². The maximum atomic E-state index is 13.3. The Bertz CT molecular complexity index is 678. The van der Waals surface area contributed by atoms with Crippen LogP contribution < -0.4 is 5.32 Å². The molecule has 0 aliphatic carbocycles. The smallest absolute Gasteiger partial charge is 0.126 e. The van der Waals surface area contributed by atoms with Gasteiger partial charge in [-0.3, -0.25) is 4.98 Å². The van der Waals surface area contributed by atoms with Crippen LogP contribution in [0.4, 0.5) is 8.78 Å². The lowest BCUT2D eigenvalue weighted by Crippen LogP contribution is -2.20. The van der Waals surface area contributed by atoms with E-state index in [1.165, 1.54) is 12.1 Å². The molecule has 0 amide bonds. The molecule has 0 fully saturated rings. The molecule has 0 spiro atoms. The Morgan fingerprint density at radius 3 is 2.57 bits per heavy atom. The summed E-state index contributed by atoms with van der Waals surface area (Å²) in [7, 11) is 0. The van der Waals surface area contributed by atoms with Gasteiger partial charge in [0.2, 0.25) is 0 Å². The van der Waals surface area contributed by atoms with Gasteiger partial charge in [0.25, 0.3) is 0 Å². The second kappa shape index (κ2) is 5.52. The van der Waals surface area contributed by atoms with E-state index in [-0.39, 0.29) is 0 Å². The van der Waals surface area contributed by atoms with Crippen molar-refractivity contribution in [1.29, 1.82) is 0 Å². The number of hydrogen-bond donors (Lipinski definition) is 1. The number of hydrogen-bond acceptors (Lipinski definition) is 3. The van der Waals surface area contributed by atoms with Gasteiger partial charge < -0.3 is 10.2 Å². The van der Waals surface area contributed by atoms with Crippen LogP contribution in [-0.4, -0.2) is 16.6 Å². The van der Waals surface area contributed by atoms with Crippen molar-refractivity contribution >= 4 is 0 Å². The van der Waals surface area contributed by atoms with Crippen molar-refractivity contribution in [1.82, 2.24) is 15.2 Å². The van der Waals surface area contributed by atoms with Crippen LogP contribution in [0.15, 0.2) is 42.9 Å². The molecule has 0 saturated heterocycles. The molecule has 0 radical (unpaired) electrons. The third kappa shape index (κ3) is 3.02. The number of benzene rings is 1. The van der Waals surface area contributed by atoms with Crippen molar-refractivity contribution in [3.05, 3.63) is 65.6 Å². The Balaban J connectivity index is 1.88. The first-order chi connectivity index (χ1) is 10.1. The minimum atomic E-state index is -0.594. The highest BCUT2D eigenvalue weighted by atomic mass is 19.1. The molecule has 1 aliphatic heterocycles. The summed E-state index contributed by atoms with van der Waals surface area (Å²) in [6.45, 7) is 3.41. The maximum Gasteiger partial charge on any atom is 0.126 e. The van der Waals surface area contributed by atoms with Gasteiger partial charge in [-0.05, 0) is 30.2 Å². The normalized spacial score (nSPS) is 13.6. The van der Waals surface area contributed by atoms with Gasteiger partial charge in [-0.25, -0.2) is 8.78 Å². The van der Waals surface area contributed by atoms with Crippen LogP contribution in [-0.2, 0) is 6.54 Å². The van der Waals surface area contributed by atoms with Crippen LogP contribution in [0, 0.1) is 18.6 Å². The largest absolute Gasteiger partial charge is 0.373 e. The molecule has 1 aromatic carbocycles. The molecule has 0 bridgehead atoms. The number of pyridine rings is 1. The van der Waals surface area contributed by atoms with E-state index in [0.29, 0.717) is 11.3 Å². The van der Waals surface area contributed by atoms with Gasteiger partial charge in [-0.15, -0.1) is 0 Å². The van der Waals surface area contributed by atoms with Crippen molar-refractivity contribution in [3.8, 4) is 11.3 Å². The monoisotopic (exact) mass is 287 g/mol. The fraction of sp³-hybridized carbons (Fsp3) is 0.188. The summed E-state index contributed by atoms with van der Waals surface area (Å²) in [4.78, 5) is 6.48. The van der Waals surface area contributed by atoms with Crippen LogP contribution in [0.1, 0.15) is 11.1 Å². The van der Waals surface area contributed by atoms with Crippen molar-refractivity contribution in [2.45, 2.75) is 13.5 Å². The molecular formula is C16H15F2N3. The summed E-state index contributed by atoms with van der Waals surface area (Å²) < 4.78 is 26.6. The molecule has 5 heteroatoms. The minimum absolute atomic E-state index is 0.458. The summed E-state index contributed by atoms with van der Waals surface area (Å²) >= 11 is 0. The van der Waals surface area contributed by atoms with Crippen molar-refractivity contribution in [3.63, 3.8) is 0 Å². The SMILES string of the molecule is Cc1cc(CN2C=CNC2)cnc1-c1cc(F)cc(F)c1. The Morgan fingerprint density at radius 2 is 1.95 bits per heavy atom.